The number of carbonyl (C=O) groups excluding carboxylic acids is 1. The molecule has 3 rings (SSSR count). The first kappa shape index (κ1) is 19.4. The third kappa shape index (κ3) is 4.48. The van der Waals surface area contributed by atoms with Crippen LogP contribution in [0.1, 0.15) is 39.4 Å². The lowest BCUT2D eigenvalue weighted by molar-refractivity contribution is -0.0739. The number of aromatic nitrogens is 1. The van der Waals surface area contributed by atoms with Gasteiger partial charge in [0.25, 0.3) is 5.91 Å². The number of carbonyl (C=O) groups is 1. The van der Waals surface area contributed by atoms with Crippen LogP contribution in [0.5, 0.6) is 5.75 Å². The molecular weight excluding hydrogens is 348 g/mol. The molecule has 0 saturated carbocycles. The molecule has 1 aliphatic rings. The lowest BCUT2D eigenvalue weighted by atomic mass is 10.0. The van der Waals surface area contributed by atoms with Gasteiger partial charge in [-0.15, -0.1) is 0 Å². The van der Waals surface area contributed by atoms with E-state index in [2.05, 4.69) is 10.5 Å². The summed E-state index contributed by atoms with van der Waals surface area (Å²) < 4.78 is 22.0. The molecule has 0 radical (unpaired) electrons. The lowest BCUT2D eigenvalue weighted by Gasteiger charge is -2.32. The van der Waals surface area contributed by atoms with Gasteiger partial charge in [0.05, 0.1) is 32.1 Å². The summed E-state index contributed by atoms with van der Waals surface area (Å²) >= 11 is 0. The van der Waals surface area contributed by atoms with Crippen LogP contribution in [0.15, 0.2) is 22.7 Å². The Hall–Kier alpha value is -2.38. The van der Waals surface area contributed by atoms with Crippen LogP contribution in [0.4, 0.5) is 0 Å². The predicted octanol–water partition coefficient (Wildman–Crippen LogP) is 2.71. The highest BCUT2D eigenvalue weighted by molar-refractivity contribution is 5.94. The number of methoxy groups -OCH3 is 1. The van der Waals surface area contributed by atoms with Gasteiger partial charge in [0.15, 0.2) is 0 Å². The van der Waals surface area contributed by atoms with Crippen molar-refractivity contribution in [2.75, 3.05) is 20.3 Å². The first-order valence-electron chi connectivity index (χ1n) is 9.06. The van der Waals surface area contributed by atoms with Crippen molar-refractivity contribution < 1.29 is 23.5 Å². The molecule has 1 aromatic heterocycles. The van der Waals surface area contributed by atoms with Gasteiger partial charge in [-0.2, -0.15) is 0 Å². The highest BCUT2D eigenvalue weighted by atomic mass is 16.5. The molecule has 1 aliphatic heterocycles. The van der Waals surface area contributed by atoms with E-state index in [1.54, 1.807) is 19.2 Å². The highest BCUT2D eigenvalue weighted by Gasteiger charge is 2.29. The average Bonchev–Trinajstić information content (AvgIpc) is 2.98. The van der Waals surface area contributed by atoms with E-state index < -0.39 is 0 Å². The molecule has 0 spiro atoms. The normalized spacial score (nSPS) is 19.7. The van der Waals surface area contributed by atoms with Crippen molar-refractivity contribution in [1.82, 2.24) is 10.5 Å². The van der Waals surface area contributed by atoms with Crippen LogP contribution in [0.25, 0.3) is 0 Å². The molecule has 0 aliphatic carbocycles. The number of ether oxygens (including phenoxy) is 3. The van der Waals surface area contributed by atoms with Crippen molar-refractivity contribution in [2.45, 2.75) is 45.9 Å². The van der Waals surface area contributed by atoms with Crippen molar-refractivity contribution in [3.05, 3.63) is 46.3 Å². The minimum Gasteiger partial charge on any atom is -0.496 e. The molecule has 1 N–H and O–H groups in total. The van der Waals surface area contributed by atoms with Crippen LogP contribution in [0.2, 0.25) is 0 Å². The molecule has 1 fully saturated rings. The fraction of sp³-hybridized carbons (Fsp3) is 0.500. The summed E-state index contributed by atoms with van der Waals surface area (Å²) in [5.74, 6) is 1.38. The molecule has 1 aromatic carbocycles. The summed E-state index contributed by atoms with van der Waals surface area (Å²) in [4.78, 5) is 12.7. The molecule has 2 heterocycles. The largest absolute Gasteiger partial charge is 0.496 e. The van der Waals surface area contributed by atoms with Crippen molar-refractivity contribution in [3.63, 3.8) is 0 Å². The summed E-state index contributed by atoms with van der Waals surface area (Å²) in [7, 11) is 1.62. The van der Waals surface area contributed by atoms with Crippen LogP contribution in [-0.2, 0) is 16.1 Å². The van der Waals surface area contributed by atoms with Gasteiger partial charge in [0.2, 0.25) is 0 Å². The van der Waals surface area contributed by atoms with Crippen LogP contribution in [-0.4, -0.2) is 43.5 Å². The first-order valence-corrected chi connectivity index (χ1v) is 9.06. The molecule has 0 bridgehead atoms. The third-order valence-electron chi connectivity index (χ3n) is 4.90. The van der Waals surface area contributed by atoms with Gasteiger partial charge >= 0.3 is 0 Å². The minimum absolute atomic E-state index is 0.117. The maximum absolute atomic E-state index is 12.7. The summed E-state index contributed by atoms with van der Waals surface area (Å²) in [6.45, 7) is 7.08. The summed E-state index contributed by atoms with van der Waals surface area (Å²) in [6.07, 6.45) is 0.475. The van der Waals surface area contributed by atoms with Gasteiger partial charge in [-0.25, -0.2) is 0 Å². The number of hydrogen-bond acceptors (Lipinski definition) is 6. The smallest absolute Gasteiger partial charge is 0.251 e. The number of aryl methyl sites for hydroxylation is 3. The van der Waals surface area contributed by atoms with Crippen LogP contribution in [0.3, 0.4) is 0 Å². The molecule has 7 heteroatoms. The van der Waals surface area contributed by atoms with Gasteiger partial charge in [-0.05, 0) is 51.0 Å². The van der Waals surface area contributed by atoms with E-state index in [9.17, 15) is 4.79 Å². The molecule has 0 unspecified atom stereocenters. The SMILES string of the molecule is COc1ccc(C(=O)N[C@@H]2CCOC[C@H]2OCc2c(C)noc2C)cc1C. The van der Waals surface area contributed by atoms with E-state index >= 15 is 0 Å². The summed E-state index contributed by atoms with van der Waals surface area (Å²) in [6, 6.07) is 5.28. The molecule has 27 heavy (non-hydrogen) atoms. The predicted molar refractivity (Wildman–Crippen MR) is 99.0 cm³/mol. The highest BCUT2D eigenvalue weighted by Crippen LogP contribution is 2.20. The number of rotatable bonds is 6. The quantitative estimate of drug-likeness (QED) is 0.837. The van der Waals surface area contributed by atoms with E-state index in [0.29, 0.717) is 31.8 Å². The Morgan fingerprint density at radius 2 is 2.15 bits per heavy atom. The zero-order chi connectivity index (χ0) is 19.4. The van der Waals surface area contributed by atoms with Crippen LogP contribution in [0, 0.1) is 20.8 Å². The fourth-order valence-corrected chi connectivity index (χ4v) is 3.21. The Bertz CT molecular complexity index is 782. The van der Waals surface area contributed by atoms with Crippen molar-refractivity contribution >= 4 is 5.91 Å². The maximum Gasteiger partial charge on any atom is 0.251 e. The zero-order valence-electron chi connectivity index (χ0n) is 16.2. The van der Waals surface area contributed by atoms with Crippen LogP contribution < -0.4 is 10.1 Å². The minimum atomic E-state index is -0.226. The molecule has 146 valence electrons. The number of nitrogens with one attached hydrogen (secondary N) is 1. The molecular formula is C20H26N2O5. The van der Waals surface area contributed by atoms with Gasteiger partial charge in [0, 0.05) is 17.7 Å². The van der Waals surface area contributed by atoms with Crippen LogP contribution >= 0.6 is 0 Å². The Kier molecular flexibility index (Phi) is 6.13. The van der Waals surface area contributed by atoms with E-state index in [1.165, 1.54) is 0 Å². The molecule has 2 aromatic rings. The van der Waals surface area contributed by atoms with E-state index in [0.717, 1.165) is 28.3 Å². The fourth-order valence-electron chi connectivity index (χ4n) is 3.21. The third-order valence-corrected chi connectivity index (χ3v) is 4.90. The number of hydrogen-bond donors (Lipinski definition) is 1. The molecule has 7 nitrogen and oxygen atoms in total. The Morgan fingerprint density at radius 3 is 2.81 bits per heavy atom. The van der Waals surface area contributed by atoms with Crippen molar-refractivity contribution in [1.29, 1.82) is 0 Å². The second kappa shape index (κ2) is 8.54. The second-order valence-electron chi connectivity index (χ2n) is 6.78. The number of amides is 1. The van der Waals surface area contributed by atoms with Gasteiger partial charge in [-0.3, -0.25) is 4.79 Å². The molecule has 1 amide bonds. The van der Waals surface area contributed by atoms with Gasteiger partial charge < -0.3 is 24.1 Å². The van der Waals surface area contributed by atoms with Gasteiger partial charge in [-0.1, -0.05) is 5.16 Å². The standard InChI is InChI=1S/C20H26N2O5/c1-12-9-15(5-6-18(12)24-4)20(23)21-17-7-8-25-11-19(17)26-10-16-13(2)22-27-14(16)3/h5-6,9,17,19H,7-8,10-11H2,1-4H3,(H,21,23)/t17-,19-/m1/s1. The Morgan fingerprint density at radius 1 is 1.33 bits per heavy atom. The summed E-state index contributed by atoms with van der Waals surface area (Å²) in [5.41, 5.74) is 3.28. The Balaban J connectivity index is 1.64. The Labute approximate surface area is 159 Å². The average molecular weight is 374 g/mol. The maximum atomic E-state index is 12.7. The van der Waals surface area contributed by atoms with E-state index in [4.69, 9.17) is 18.7 Å². The van der Waals surface area contributed by atoms with Crippen molar-refractivity contribution in [3.8, 4) is 5.75 Å². The first-order chi connectivity index (χ1) is 13.0. The topological polar surface area (TPSA) is 82.8 Å². The van der Waals surface area contributed by atoms with E-state index in [-0.39, 0.29) is 18.1 Å². The number of benzene rings is 1. The zero-order valence-corrected chi connectivity index (χ0v) is 16.2. The number of nitrogens with zero attached hydrogens (tertiary/aromatic N) is 1. The van der Waals surface area contributed by atoms with Gasteiger partial charge in [0.1, 0.15) is 17.6 Å². The van der Waals surface area contributed by atoms with E-state index in [1.807, 2.05) is 26.8 Å². The lowest BCUT2D eigenvalue weighted by Crippen LogP contribution is -2.50. The summed E-state index contributed by atoms with van der Waals surface area (Å²) in [5, 5.41) is 7.03. The molecule has 2 atom stereocenters. The second-order valence-corrected chi connectivity index (χ2v) is 6.78. The monoisotopic (exact) mass is 374 g/mol. The molecule has 1 saturated heterocycles. The van der Waals surface area contributed by atoms with Crippen molar-refractivity contribution in [2.24, 2.45) is 0 Å².